The first-order chi connectivity index (χ1) is 6.45. The van der Waals surface area contributed by atoms with Crippen molar-refractivity contribution in [2.24, 2.45) is 0 Å². The monoisotopic (exact) mass is 186 g/mol. The van der Waals surface area contributed by atoms with Gasteiger partial charge in [-0.25, -0.2) is 4.98 Å². The van der Waals surface area contributed by atoms with Crippen LogP contribution in [0.25, 0.3) is 0 Å². The Bertz CT molecular complexity index is 321. The average Bonchev–Trinajstić information content (AvgIpc) is 2.21. The fourth-order valence-electron chi connectivity index (χ4n) is 0.968. The molecule has 0 saturated carbocycles. The molecule has 2 aromatic rings. The molecule has 0 saturated heterocycles. The fourth-order valence-corrected chi connectivity index (χ4v) is 1.74. The molecule has 0 fully saturated rings. The number of hydrogen-bond donors (Lipinski definition) is 0. The molecule has 2 heteroatoms. The molecule has 0 atom stereocenters. The maximum Gasteiger partial charge on any atom is 0.101 e. The summed E-state index contributed by atoms with van der Waals surface area (Å²) in [4.78, 5) is 5.42. The van der Waals surface area contributed by atoms with Crippen LogP contribution < -0.4 is 0 Å². The zero-order valence-corrected chi connectivity index (χ0v) is 7.79. The van der Waals surface area contributed by atoms with Crippen molar-refractivity contribution in [2.75, 3.05) is 0 Å². The van der Waals surface area contributed by atoms with Gasteiger partial charge in [0.25, 0.3) is 0 Å². The van der Waals surface area contributed by atoms with Gasteiger partial charge in [-0.15, -0.1) is 0 Å². The predicted molar refractivity (Wildman–Crippen MR) is 53.6 cm³/mol. The van der Waals surface area contributed by atoms with E-state index in [0.29, 0.717) is 0 Å². The molecule has 1 radical (unpaired) electrons. The minimum atomic E-state index is 1.02. The normalized spacial score (nSPS) is 9.85. The third kappa shape index (κ3) is 2.33. The van der Waals surface area contributed by atoms with Gasteiger partial charge in [-0.3, -0.25) is 0 Å². The van der Waals surface area contributed by atoms with E-state index in [0.717, 1.165) is 5.03 Å². The molecular formula is C11H8NS. The molecule has 13 heavy (non-hydrogen) atoms. The minimum absolute atomic E-state index is 1.02. The van der Waals surface area contributed by atoms with Crippen LogP contribution in [0, 0.1) is 6.07 Å². The summed E-state index contributed by atoms with van der Waals surface area (Å²) in [6.45, 7) is 0. The number of aromatic nitrogens is 1. The van der Waals surface area contributed by atoms with Gasteiger partial charge >= 0.3 is 0 Å². The second-order valence-corrected chi connectivity index (χ2v) is 3.60. The Hall–Kier alpha value is -1.28. The van der Waals surface area contributed by atoms with Gasteiger partial charge in [0.1, 0.15) is 5.03 Å². The third-order valence-corrected chi connectivity index (χ3v) is 2.51. The van der Waals surface area contributed by atoms with Gasteiger partial charge in [-0.1, -0.05) is 30.0 Å². The van der Waals surface area contributed by atoms with E-state index in [9.17, 15) is 0 Å². The molecule has 1 nitrogen and oxygen atoms in total. The van der Waals surface area contributed by atoms with E-state index in [1.165, 1.54) is 4.90 Å². The first-order valence-electron chi connectivity index (χ1n) is 4.00. The number of rotatable bonds is 2. The zero-order chi connectivity index (χ0) is 8.93. The SMILES string of the molecule is [c]1ccc(Sc2ccccn2)cc1. The summed E-state index contributed by atoms with van der Waals surface area (Å²) in [5, 5.41) is 1.02. The lowest BCUT2D eigenvalue weighted by atomic mass is 10.4. The van der Waals surface area contributed by atoms with Crippen LogP contribution in [0.15, 0.2) is 58.6 Å². The maximum absolute atomic E-state index is 4.23. The third-order valence-electron chi connectivity index (χ3n) is 1.55. The number of hydrogen-bond acceptors (Lipinski definition) is 2. The lowest BCUT2D eigenvalue weighted by Crippen LogP contribution is -1.76. The molecule has 63 valence electrons. The minimum Gasteiger partial charge on any atom is -0.250 e. The van der Waals surface area contributed by atoms with Crippen molar-refractivity contribution >= 4 is 11.8 Å². The Morgan fingerprint density at radius 1 is 1.08 bits per heavy atom. The first-order valence-corrected chi connectivity index (χ1v) is 4.82. The highest BCUT2D eigenvalue weighted by molar-refractivity contribution is 7.99. The molecule has 2 rings (SSSR count). The van der Waals surface area contributed by atoms with Crippen LogP contribution in [0.2, 0.25) is 0 Å². The summed E-state index contributed by atoms with van der Waals surface area (Å²) < 4.78 is 0. The van der Waals surface area contributed by atoms with E-state index in [1.54, 1.807) is 18.0 Å². The summed E-state index contributed by atoms with van der Waals surface area (Å²) in [6.07, 6.45) is 1.80. The number of pyridine rings is 1. The number of nitrogens with zero attached hydrogens (tertiary/aromatic N) is 1. The molecule has 0 aliphatic heterocycles. The highest BCUT2D eigenvalue weighted by atomic mass is 32.2. The molecule has 1 aromatic carbocycles. The molecular weight excluding hydrogens is 178 g/mol. The van der Waals surface area contributed by atoms with Gasteiger partial charge in [0.2, 0.25) is 0 Å². The summed E-state index contributed by atoms with van der Waals surface area (Å²) >= 11 is 1.66. The second-order valence-electron chi connectivity index (χ2n) is 2.51. The van der Waals surface area contributed by atoms with Crippen LogP contribution in [-0.2, 0) is 0 Å². The first kappa shape index (κ1) is 8.32. The van der Waals surface area contributed by atoms with E-state index in [1.807, 2.05) is 42.5 Å². The Balaban J connectivity index is 2.16. The average molecular weight is 186 g/mol. The lowest BCUT2D eigenvalue weighted by molar-refractivity contribution is 1.13. The van der Waals surface area contributed by atoms with Gasteiger partial charge in [0, 0.05) is 11.1 Å². The quantitative estimate of drug-likeness (QED) is 0.715. The van der Waals surface area contributed by atoms with E-state index in [-0.39, 0.29) is 0 Å². The molecule has 0 unspecified atom stereocenters. The van der Waals surface area contributed by atoms with Crippen LogP contribution in [0.1, 0.15) is 0 Å². The molecule has 0 bridgehead atoms. The van der Waals surface area contributed by atoms with Crippen molar-refractivity contribution in [1.29, 1.82) is 0 Å². The van der Waals surface area contributed by atoms with Gasteiger partial charge in [-0.05, 0) is 30.3 Å². The maximum atomic E-state index is 4.23. The van der Waals surface area contributed by atoms with Crippen LogP contribution >= 0.6 is 11.8 Å². The second kappa shape index (κ2) is 4.10. The van der Waals surface area contributed by atoms with Gasteiger partial charge < -0.3 is 0 Å². The zero-order valence-electron chi connectivity index (χ0n) is 6.97. The molecule has 0 amide bonds. The topological polar surface area (TPSA) is 12.9 Å². The van der Waals surface area contributed by atoms with E-state index in [2.05, 4.69) is 11.1 Å². The highest BCUT2D eigenvalue weighted by Gasteiger charge is 1.94. The molecule has 0 aliphatic carbocycles. The van der Waals surface area contributed by atoms with Gasteiger partial charge in [0.15, 0.2) is 0 Å². The van der Waals surface area contributed by atoms with E-state index >= 15 is 0 Å². The number of benzene rings is 1. The van der Waals surface area contributed by atoms with E-state index in [4.69, 9.17) is 0 Å². The van der Waals surface area contributed by atoms with Crippen molar-refractivity contribution in [3.63, 3.8) is 0 Å². The Labute approximate surface area is 81.8 Å². The van der Waals surface area contributed by atoms with Crippen molar-refractivity contribution in [3.05, 3.63) is 54.7 Å². The Morgan fingerprint density at radius 3 is 2.62 bits per heavy atom. The largest absolute Gasteiger partial charge is 0.250 e. The van der Waals surface area contributed by atoms with Crippen LogP contribution in [0.3, 0.4) is 0 Å². The van der Waals surface area contributed by atoms with Gasteiger partial charge in [0.05, 0.1) is 0 Å². The summed E-state index contributed by atoms with van der Waals surface area (Å²) in [5.41, 5.74) is 0. The standard InChI is InChI=1S/C11H8NS/c1-2-6-10(7-3-1)13-11-8-4-5-9-12-11/h2-9H. The molecule has 1 heterocycles. The molecule has 0 N–H and O–H groups in total. The Morgan fingerprint density at radius 2 is 1.92 bits per heavy atom. The van der Waals surface area contributed by atoms with Crippen molar-refractivity contribution in [2.45, 2.75) is 9.92 Å². The van der Waals surface area contributed by atoms with Gasteiger partial charge in [-0.2, -0.15) is 0 Å². The lowest BCUT2D eigenvalue weighted by Gasteiger charge is -1.98. The molecule has 1 aromatic heterocycles. The van der Waals surface area contributed by atoms with Crippen molar-refractivity contribution in [3.8, 4) is 0 Å². The fraction of sp³-hybridized carbons (Fsp3) is 0. The van der Waals surface area contributed by atoms with Crippen LogP contribution in [0.4, 0.5) is 0 Å². The van der Waals surface area contributed by atoms with Crippen molar-refractivity contribution in [1.82, 2.24) is 4.98 Å². The van der Waals surface area contributed by atoms with E-state index < -0.39 is 0 Å². The predicted octanol–water partition coefficient (Wildman–Crippen LogP) is 3.03. The smallest absolute Gasteiger partial charge is 0.101 e. The molecule has 0 aliphatic rings. The van der Waals surface area contributed by atoms with Crippen LogP contribution in [0.5, 0.6) is 0 Å². The summed E-state index contributed by atoms with van der Waals surface area (Å²) in [7, 11) is 0. The summed E-state index contributed by atoms with van der Waals surface area (Å²) in [6, 6.07) is 16.8. The van der Waals surface area contributed by atoms with Crippen molar-refractivity contribution < 1.29 is 0 Å². The Kier molecular flexibility index (Phi) is 2.62. The summed E-state index contributed by atoms with van der Waals surface area (Å²) in [5.74, 6) is 0. The molecule has 0 spiro atoms. The van der Waals surface area contributed by atoms with Crippen LogP contribution in [-0.4, -0.2) is 4.98 Å². The highest BCUT2D eigenvalue weighted by Crippen LogP contribution is 2.24.